The fourth-order valence-corrected chi connectivity index (χ4v) is 2.04. The molecule has 55 valence electrons. The normalized spacial score (nSPS) is 10.7. The summed E-state index contributed by atoms with van der Waals surface area (Å²) in [6.07, 6.45) is 0. The first-order valence-electron chi connectivity index (χ1n) is 3.51. The van der Waals surface area contributed by atoms with Gasteiger partial charge >= 0.3 is 0 Å². The number of benzene rings is 1. The van der Waals surface area contributed by atoms with Crippen LogP contribution in [0.4, 0.5) is 0 Å². The molecule has 0 aliphatic rings. The predicted octanol–water partition coefficient (Wildman–Crippen LogP) is 2.71. The number of aromatic nitrogens is 1. The summed E-state index contributed by atoms with van der Waals surface area (Å²) in [5, 5.41) is 0. The Bertz CT molecular complexity index is 389. The molecule has 1 aromatic carbocycles. The summed E-state index contributed by atoms with van der Waals surface area (Å²) in [5.41, 5.74) is 6.54. The standard InChI is InChI=1S/C9H8NS/c1-6-3-7(2)9-8(4-6)11-5-10-9/h3-4H,1-2H3. The Kier molecular flexibility index (Phi) is 1.43. The highest BCUT2D eigenvalue weighted by Gasteiger charge is 2.00. The minimum Gasteiger partial charge on any atom is -0.233 e. The van der Waals surface area contributed by atoms with Crippen LogP contribution < -0.4 is 0 Å². The van der Waals surface area contributed by atoms with Crippen LogP contribution in [0.5, 0.6) is 0 Å². The predicted molar refractivity (Wildman–Crippen MR) is 47.9 cm³/mol. The van der Waals surface area contributed by atoms with Gasteiger partial charge < -0.3 is 0 Å². The molecule has 11 heavy (non-hydrogen) atoms. The van der Waals surface area contributed by atoms with Crippen LogP contribution >= 0.6 is 11.3 Å². The summed E-state index contributed by atoms with van der Waals surface area (Å²) in [4.78, 5) is 4.15. The van der Waals surface area contributed by atoms with Crippen molar-refractivity contribution in [3.05, 3.63) is 28.8 Å². The second kappa shape index (κ2) is 2.31. The van der Waals surface area contributed by atoms with Gasteiger partial charge in [0.25, 0.3) is 0 Å². The van der Waals surface area contributed by atoms with Crippen molar-refractivity contribution in [1.29, 1.82) is 0 Å². The van der Waals surface area contributed by atoms with Crippen LogP contribution in [0.25, 0.3) is 10.2 Å². The van der Waals surface area contributed by atoms with Crippen LogP contribution in [0.15, 0.2) is 12.1 Å². The van der Waals surface area contributed by atoms with Gasteiger partial charge in [0.15, 0.2) is 5.51 Å². The Labute approximate surface area is 69.7 Å². The first-order valence-corrected chi connectivity index (χ1v) is 4.33. The van der Waals surface area contributed by atoms with E-state index in [0.717, 1.165) is 5.52 Å². The van der Waals surface area contributed by atoms with Crippen LogP contribution in [-0.4, -0.2) is 4.98 Å². The molecule has 2 rings (SSSR count). The Morgan fingerprint density at radius 2 is 2.18 bits per heavy atom. The number of fused-ring (bicyclic) bond motifs is 1. The maximum absolute atomic E-state index is 4.15. The summed E-state index contributed by atoms with van der Waals surface area (Å²) in [6.45, 7) is 4.19. The summed E-state index contributed by atoms with van der Waals surface area (Å²) < 4.78 is 1.24. The van der Waals surface area contributed by atoms with Gasteiger partial charge in [-0.05, 0) is 31.0 Å². The summed E-state index contributed by atoms with van der Waals surface area (Å²) in [7, 11) is 0. The maximum Gasteiger partial charge on any atom is 0.153 e. The van der Waals surface area contributed by atoms with Crippen molar-refractivity contribution in [1.82, 2.24) is 4.98 Å². The quantitative estimate of drug-likeness (QED) is 0.580. The Balaban J connectivity index is 2.91. The van der Waals surface area contributed by atoms with Gasteiger partial charge in [-0.3, -0.25) is 0 Å². The molecule has 1 heterocycles. The Hall–Kier alpha value is -0.890. The van der Waals surface area contributed by atoms with Crippen molar-refractivity contribution in [3.63, 3.8) is 0 Å². The lowest BCUT2D eigenvalue weighted by molar-refractivity contribution is 1.38. The molecule has 0 aliphatic heterocycles. The minimum atomic E-state index is 1.10. The van der Waals surface area contributed by atoms with E-state index in [2.05, 4.69) is 36.5 Å². The second-order valence-corrected chi connectivity index (χ2v) is 3.56. The van der Waals surface area contributed by atoms with Gasteiger partial charge in [-0.25, -0.2) is 4.98 Å². The van der Waals surface area contributed by atoms with E-state index in [-0.39, 0.29) is 0 Å². The first-order chi connectivity index (χ1) is 5.27. The van der Waals surface area contributed by atoms with Crippen molar-refractivity contribution < 1.29 is 0 Å². The third-order valence-corrected chi connectivity index (χ3v) is 2.44. The van der Waals surface area contributed by atoms with Crippen molar-refractivity contribution >= 4 is 21.6 Å². The van der Waals surface area contributed by atoms with Crippen LogP contribution in [0.1, 0.15) is 11.1 Å². The van der Waals surface area contributed by atoms with Crippen LogP contribution in [0.2, 0.25) is 0 Å². The first kappa shape index (κ1) is 6.80. The second-order valence-electron chi connectivity index (χ2n) is 2.73. The van der Waals surface area contributed by atoms with E-state index in [4.69, 9.17) is 0 Å². The van der Waals surface area contributed by atoms with E-state index in [1.54, 1.807) is 11.3 Å². The zero-order valence-electron chi connectivity index (χ0n) is 6.51. The molecule has 2 heteroatoms. The Morgan fingerprint density at radius 1 is 1.36 bits per heavy atom. The van der Waals surface area contributed by atoms with E-state index in [9.17, 15) is 0 Å². The van der Waals surface area contributed by atoms with Crippen LogP contribution in [0, 0.1) is 19.4 Å². The van der Waals surface area contributed by atoms with Gasteiger partial charge in [0, 0.05) is 0 Å². The maximum atomic E-state index is 4.15. The average molecular weight is 162 g/mol. The highest BCUT2D eigenvalue weighted by atomic mass is 32.1. The number of thiazole rings is 1. The third kappa shape index (κ3) is 1.03. The number of nitrogens with zero attached hydrogens (tertiary/aromatic N) is 1. The molecule has 0 saturated carbocycles. The molecular formula is C9H8NS. The van der Waals surface area contributed by atoms with Gasteiger partial charge in [0.05, 0.1) is 10.2 Å². The molecule has 0 N–H and O–H groups in total. The smallest absolute Gasteiger partial charge is 0.153 e. The fourth-order valence-electron chi connectivity index (χ4n) is 1.26. The van der Waals surface area contributed by atoms with Crippen molar-refractivity contribution in [3.8, 4) is 0 Å². The van der Waals surface area contributed by atoms with Gasteiger partial charge in [-0.2, -0.15) is 0 Å². The fraction of sp³-hybridized carbons (Fsp3) is 0.222. The topological polar surface area (TPSA) is 12.9 Å². The van der Waals surface area contributed by atoms with E-state index in [0.29, 0.717) is 0 Å². The molecule has 0 spiro atoms. The summed E-state index contributed by atoms with van der Waals surface area (Å²) in [6, 6.07) is 4.30. The van der Waals surface area contributed by atoms with Crippen LogP contribution in [0.3, 0.4) is 0 Å². The molecule has 0 saturated heterocycles. The molecule has 1 nitrogen and oxygen atoms in total. The molecule has 0 fully saturated rings. The van der Waals surface area contributed by atoms with Gasteiger partial charge in [0.2, 0.25) is 0 Å². The van der Waals surface area contributed by atoms with Gasteiger partial charge in [-0.15, -0.1) is 11.3 Å². The lowest BCUT2D eigenvalue weighted by Gasteiger charge is -1.95. The average Bonchev–Trinajstić information content (AvgIpc) is 2.34. The molecule has 0 unspecified atom stereocenters. The molecule has 0 aliphatic carbocycles. The Morgan fingerprint density at radius 3 is 3.00 bits per heavy atom. The van der Waals surface area contributed by atoms with Gasteiger partial charge in [0.1, 0.15) is 0 Å². The summed E-state index contributed by atoms with van der Waals surface area (Å²) >= 11 is 1.58. The minimum absolute atomic E-state index is 1.10. The van der Waals surface area contributed by atoms with Crippen molar-refractivity contribution in [2.75, 3.05) is 0 Å². The number of hydrogen-bond donors (Lipinski definition) is 0. The lowest BCUT2D eigenvalue weighted by atomic mass is 10.1. The largest absolute Gasteiger partial charge is 0.233 e. The molecule has 1 radical (unpaired) electrons. The third-order valence-electron chi connectivity index (χ3n) is 1.72. The molecule has 0 atom stereocenters. The zero-order valence-corrected chi connectivity index (χ0v) is 7.33. The molecule has 0 amide bonds. The highest BCUT2D eigenvalue weighted by molar-refractivity contribution is 7.16. The van der Waals surface area contributed by atoms with Gasteiger partial charge in [-0.1, -0.05) is 6.07 Å². The highest BCUT2D eigenvalue weighted by Crippen LogP contribution is 2.21. The molecular weight excluding hydrogens is 154 g/mol. The van der Waals surface area contributed by atoms with Crippen LogP contribution in [-0.2, 0) is 0 Å². The molecule has 0 bridgehead atoms. The van der Waals surface area contributed by atoms with E-state index in [1.165, 1.54) is 15.8 Å². The van der Waals surface area contributed by atoms with E-state index >= 15 is 0 Å². The van der Waals surface area contributed by atoms with E-state index < -0.39 is 0 Å². The number of aryl methyl sites for hydroxylation is 2. The van der Waals surface area contributed by atoms with Crippen molar-refractivity contribution in [2.24, 2.45) is 0 Å². The SMILES string of the molecule is Cc1cc(C)c2n[c]sc2c1. The van der Waals surface area contributed by atoms with Crippen molar-refractivity contribution in [2.45, 2.75) is 13.8 Å². The monoisotopic (exact) mass is 162 g/mol. The number of hydrogen-bond acceptors (Lipinski definition) is 2. The summed E-state index contributed by atoms with van der Waals surface area (Å²) in [5.74, 6) is 0. The molecule has 1 aromatic heterocycles. The number of rotatable bonds is 0. The lowest BCUT2D eigenvalue weighted by Crippen LogP contribution is -1.77. The van der Waals surface area contributed by atoms with E-state index in [1.807, 2.05) is 0 Å². The molecule has 2 aromatic rings. The zero-order chi connectivity index (χ0) is 7.84.